The molecule has 1 aliphatic heterocycles. The molecule has 29 heavy (non-hydrogen) atoms. The smallest absolute Gasteiger partial charge is 0.411 e. The molecular formula is C24H25N3O2. The van der Waals surface area contributed by atoms with Crippen LogP contribution >= 0.6 is 0 Å². The second-order valence-corrected chi connectivity index (χ2v) is 7.24. The average molecular weight is 387 g/mol. The maximum Gasteiger partial charge on any atom is 0.411 e. The number of hydrogen-bond acceptors (Lipinski definition) is 4. The molecule has 5 heteroatoms. The topological polar surface area (TPSA) is 54.5 Å². The van der Waals surface area contributed by atoms with Crippen LogP contribution in [0.25, 0.3) is 11.1 Å². The Labute approximate surface area is 171 Å². The van der Waals surface area contributed by atoms with E-state index in [9.17, 15) is 4.79 Å². The van der Waals surface area contributed by atoms with Crippen LogP contribution in [-0.4, -0.2) is 35.2 Å². The number of ether oxygens (including phenoxy) is 1. The van der Waals surface area contributed by atoms with Crippen molar-refractivity contribution in [3.05, 3.63) is 84.7 Å². The van der Waals surface area contributed by atoms with Crippen molar-refractivity contribution in [1.29, 1.82) is 0 Å². The van der Waals surface area contributed by atoms with Crippen LogP contribution in [0.2, 0.25) is 0 Å². The highest BCUT2D eigenvalue weighted by Gasteiger charge is 2.23. The number of benzene rings is 2. The van der Waals surface area contributed by atoms with E-state index in [1.54, 1.807) is 0 Å². The third-order valence-electron chi connectivity index (χ3n) is 5.17. The molecule has 0 bridgehead atoms. The second-order valence-electron chi connectivity index (χ2n) is 7.24. The molecule has 2 aromatic carbocycles. The van der Waals surface area contributed by atoms with Crippen molar-refractivity contribution in [2.45, 2.75) is 25.5 Å². The Hall–Kier alpha value is -3.18. The van der Waals surface area contributed by atoms with E-state index < -0.39 is 6.09 Å². The summed E-state index contributed by atoms with van der Waals surface area (Å²) >= 11 is 0. The number of anilines is 1. The molecule has 5 nitrogen and oxygen atoms in total. The minimum Gasteiger partial charge on any atom is -0.446 e. The average Bonchev–Trinajstić information content (AvgIpc) is 2.77. The summed E-state index contributed by atoms with van der Waals surface area (Å²) in [5.41, 5.74) is 3.87. The first-order chi connectivity index (χ1) is 14.3. The van der Waals surface area contributed by atoms with Crippen LogP contribution in [0, 0.1) is 0 Å². The van der Waals surface area contributed by atoms with Crippen LogP contribution in [-0.2, 0) is 11.3 Å². The van der Waals surface area contributed by atoms with Crippen molar-refractivity contribution in [3.63, 3.8) is 0 Å². The van der Waals surface area contributed by atoms with Crippen LogP contribution in [0.5, 0.6) is 0 Å². The number of carbonyl (C=O) groups excluding carboxylic acids is 1. The summed E-state index contributed by atoms with van der Waals surface area (Å²) in [7, 11) is 0. The van der Waals surface area contributed by atoms with E-state index in [-0.39, 0.29) is 6.10 Å². The van der Waals surface area contributed by atoms with Gasteiger partial charge in [0.1, 0.15) is 6.10 Å². The number of nitrogens with one attached hydrogen (secondary N) is 1. The van der Waals surface area contributed by atoms with Gasteiger partial charge in [-0.3, -0.25) is 15.2 Å². The van der Waals surface area contributed by atoms with Gasteiger partial charge in [0.2, 0.25) is 0 Å². The highest BCUT2D eigenvalue weighted by atomic mass is 16.6. The van der Waals surface area contributed by atoms with E-state index in [1.165, 1.54) is 0 Å². The minimum absolute atomic E-state index is 0.0566. The van der Waals surface area contributed by atoms with Crippen molar-refractivity contribution in [2.24, 2.45) is 0 Å². The molecule has 1 N–H and O–H groups in total. The van der Waals surface area contributed by atoms with E-state index in [2.05, 4.69) is 15.2 Å². The highest BCUT2D eigenvalue weighted by molar-refractivity contribution is 5.91. The predicted octanol–water partition coefficient (Wildman–Crippen LogP) is 4.96. The number of carbonyl (C=O) groups is 1. The van der Waals surface area contributed by atoms with Crippen LogP contribution < -0.4 is 5.32 Å². The van der Waals surface area contributed by atoms with Gasteiger partial charge in [0.15, 0.2) is 0 Å². The van der Waals surface area contributed by atoms with Crippen LogP contribution in [0.4, 0.5) is 10.5 Å². The summed E-state index contributed by atoms with van der Waals surface area (Å²) in [5, 5.41) is 2.92. The number of hydrogen-bond donors (Lipinski definition) is 1. The Kier molecular flexibility index (Phi) is 6.17. The van der Waals surface area contributed by atoms with Crippen molar-refractivity contribution in [3.8, 4) is 11.1 Å². The Bertz CT molecular complexity index is 923. The van der Waals surface area contributed by atoms with E-state index in [4.69, 9.17) is 4.74 Å². The van der Waals surface area contributed by atoms with Gasteiger partial charge in [0.25, 0.3) is 0 Å². The Morgan fingerprint density at radius 2 is 1.69 bits per heavy atom. The van der Waals surface area contributed by atoms with E-state index >= 15 is 0 Å². The van der Waals surface area contributed by atoms with Gasteiger partial charge >= 0.3 is 6.09 Å². The zero-order valence-corrected chi connectivity index (χ0v) is 16.3. The summed E-state index contributed by atoms with van der Waals surface area (Å²) in [6.45, 7) is 2.63. The highest BCUT2D eigenvalue weighted by Crippen LogP contribution is 2.28. The first-order valence-electron chi connectivity index (χ1n) is 10.0. The van der Waals surface area contributed by atoms with Gasteiger partial charge in [0.05, 0.1) is 11.4 Å². The number of likely N-dealkylation sites (tertiary alicyclic amines) is 1. The fraction of sp³-hybridized carbons (Fsp3) is 0.250. The lowest BCUT2D eigenvalue weighted by Crippen LogP contribution is -2.38. The molecule has 0 aliphatic carbocycles. The fourth-order valence-corrected chi connectivity index (χ4v) is 3.66. The van der Waals surface area contributed by atoms with Crippen LogP contribution in [0.3, 0.4) is 0 Å². The zero-order valence-electron chi connectivity index (χ0n) is 16.3. The van der Waals surface area contributed by atoms with Crippen LogP contribution in [0.1, 0.15) is 18.5 Å². The molecule has 0 atom stereocenters. The minimum atomic E-state index is -0.392. The monoisotopic (exact) mass is 387 g/mol. The van der Waals surface area contributed by atoms with Crippen LogP contribution in [0.15, 0.2) is 79.0 Å². The van der Waals surface area contributed by atoms with Gasteiger partial charge in [0, 0.05) is 31.4 Å². The summed E-state index contributed by atoms with van der Waals surface area (Å²) in [6.07, 6.45) is 3.04. The van der Waals surface area contributed by atoms with Crippen molar-refractivity contribution in [2.75, 3.05) is 18.4 Å². The number of amides is 1. The lowest BCUT2D eigenvalue weighted by atomic mass is 10.0. The molecule has 148 valence electrons. The van der Waals surface area contributed by atoms with Gasteiger partial charge in [-0.2, -0.15) is 0 Å². The molecule has 0 saturated carbocycles. The van der Waals surface area contributed by atoms with Gasteiger partial charge in [-0.15, -0.1) is 0 Å². The maximum atomic E-state index is 12.5. The number of aromatic nitrogens is 1. The van der Waals surface area contributed by atoms with Crippen molar-refractivity contribution >= 4 is 11.8 Å². The van der Waals surface area contributed by atoms with E-state index in [1.807, 2.05) is 79.0 Å². The fourth-order valence-electron chi connectivity index (χ4n) is 3.66. The number of nitrogens with zero attached hydrogens (tertiary/aromatic N) is 2. The third-order valence-corrected chi connectivity index (χ3v) is 5.17. The van der Waals surface area contributed by atoms with Crippen molar-refractivity contribution < 1.29 is 9.53 Å². The van der Waals surface area contributed by atoms with Gasteiger partial charge in [-0.1, -0.05) is 54.6 Å². The summed E-state index contributed by atoms with van der Waals surface area (Å²) in [5.74, 6) is 0. The zero-order chi connectivity index (χ0) is 19.9. The SMILES string of the molecule is O=C(Nc1ccccc1-c1ccccc1)OC1CCN(Cc2ccccn2)CC1. The van der Waals surface area contributed by atoms with Gasteiger partial charge < -0.3 is 4.74 Å². The first kappa shape index (κ1) is 19.2. The van der Waals surface area contributed by atoms with Gasteiger partial charge in [-0.25, -0.2) is 4.79 Å². The predicted molar refractivity (Wildman–Crippen MR) is 115 cm³/mol. The molecule has 1 saturated heterocycles. The largest absolute Gasteiger partial charge is 0.446 e. The molecule has 0 unspecified atom stereocenters. The molecular weight excluding hydrogens is 362 g/mol. The van der Waals surface area contributed by atoms with Gasteiger partial charge in [-0.05, 0) is 36.6 Å². The Balaban J connectivity index is 1.30. The lowest BCUT2D eigenvalue weighted by molar-refractivity contribution is 0.0563. The summed E-state index contributed by atoms with van der Waals surface area (Å²) < 4.78 is 5.69. The van der Waals surface area contributed by atoms with Crippen molar-refractivity contribution in [1.82, 2.24) is 9.88 Å². The second kappa shape index (κ2) is 9.34. The summed E-state index contributed by atoms with van der Waals surface area (Å²) in [6, 6.07) is 23.8. The molecule has 1 aromatic heterocycles. The quantitative estimate of drug-likeness (QED) is 0.672. The Morgan fingerprint density at radius 1 is 0.966 bits per heavy atom. The number of piperidine rings is 1. The maximum absolute atomic E-state index is 12.5. The van der Waals surface area contributed by atoms with E-state index in [0.29, 0.717) is 0 Å². The molecule has 4 rings (SSSR count). The number of rotatable bonds is 5. The molecule has 0 radical (unpaired) electrons. The molecule has 1 fully saturated rings. The molecule has 3 aromatic rings. The molecule has 2 heterocycles. The third kappa shape index (κ3) is 5.21. The summed E-state index contributed by atoms with van der Waals surface area (Å²) in [4.78, 5) is 19.2. The lowest BCUT2D eigenvalue weighted by Gasteiger charge is -2.31. The van der Waals surface area contributed by atoms with E-state index in [0.717, 1.165) is 55.0 Å². The standard InChI is InChI=1S/C24H25N3O2/c28-24(26-23-12-5-4-11-22(23)19-8-2-1-3-9-19)29-21-13-16-27(17-14-21)18-20-10-6-7-15-25-20/h1-12,15,21H,13-14,16-18H2,(H,26,28). The first-order valence-corrected chi connectivity index (χ1v) is 10.0. The molecule has 1 amide bonds. The number of para-hydroxylation sites is 1. The molecule has 1 aliphatic rings. The number of pyridine rings is 1. The normalized spacial score (nSPS) is 15.0. The Morgan fingerprint density at radius 3 is 2.45 bits per heavy atom. The molecule has 0 spiro atoms.